The van der Waals surface area contributed by atoms with Gasteiger partial charge in [-0.05, 0) is 33.6 Å². The Morgan fingerprint density at radius 3 is 2.37 bits per heavy atom. The molecule has 1 atom stereocenters. The Morgan fingerprint density at radius 1 is 1.05 bits per heavy atom. The zero-order valence-corrected chi connectivity index (χ0v) is 13.5. The van der Waals surface area contributed by atoms with Crippen LogP contribution < -0.4 is 5.32 Å². The van der Waals surface area contributed by atoms with Crippen LogP contribution in [0.15, 0.2) is 0 Å². The van der Waals surface area contributed by atoms with Gasteiger partial charge in [-0.2, -0.15) is 0 Å². The molecule has 0 aromatic rings. The number of hydrogen-bond donors (Lipinski definition) is 1. The first-order chi connectivity index (χ1) is 8.99. The molecule has 0 rings (SSSR count). The van der Waals surface area contributed by atoms with Gasteiger partial charge in [-0.25, -0.2) is 0 Å². The van der Waals surface area contributed by atoms with E-state index in [0.29, 0.717) is 19.3 Å². The first-order valence-electron chi connectivity index (χ1n) is 7.43. The van der Waals surface area contributed by atoms with Crippen molar-refractivity contribution >= 4 is 0 Å². The van der Waals surface area contributed by atoms with Gasteiger partial charge < -0.3 is 19.5 Å². The fourth-order valence-electron chi connectivity index (χ4n) is 1.64. The van der Waals surface area contributed by atoms with E-state index < -0.39 is 0 Å². The highest BCUT2D eigenvalue weighted by Crippen LogP contribution is 2.05. The van der Waals surface area contributed by atoms with Crippen molar-refractivity contribution in [1.29, 1.82) is 0 Å². The second kappa shape index (κ2) is 11.6. The lowest BCUT2D eigenvalue weighted by Gasteiger charge is -2.25. The Hall–Kier alpha value is -0.160. The predicted octanol–water partition coefficient (Wildman–Crippen LogP) is 2.61. The van der Waals surface area contributed by atoms with E-state index in [9.17, 15) is 0 Å². The molecule has 1 N–H and O–H groups in total. The Morgan fingerprint density at radius 2 is 1.79 bits per heavy atom. The van der Waals surface area contributed by atoms with Crippen molar-refractivity contribution in [1.82, 2.24) is 5.32 Å². The van der Waals surface area contributed by atoms with E-state index >= 15 is 0 Å². The lowest BCUT2D eigenvalue weighted by Crippen LogP contribution is -2.41. The summed E-state index contributed by atoms with van der Waals surface area (Å²) in [4.78, 5) is 0. The molecule has 0 bridgehead atoms. The van der Waals surface area contributed by atoms with Crippen molar-refractivity contribution in [2.24, 2.45) is 0 Å². The highest BCUT2D eigenvalue weighted by molar-refractivity contribution is 4.73. The highest BCUT2D eigenvalue weighted by Gasteiger charge is 2.13. The van der Waals surface area contributed by atoms with Crippen LogP contribution in [0.25, 0.3) is 0 Å². The third kappa shape index (κ3) is 14.1. The smallest absolute Gasteiger partial charge is 0.0700 e. The zero-order valence-electron chi connectivity index (χ0n) is 13.5. The monoisotopic (exact) mass is 275 g/mol. The molecule has 0 spiro atoms. The van der Waals surface area contributed by atoms with E-state index in [2.05, 4.69) is 33.0 Å². The van der Waals surface area contributed by atoms with Gasteiger partial charge in [0.2, 0.25) is 0 Å². The molecule has 0 saturated heterocycles. The van der Waals surface area contributed by atoms with Crippen LogP contribution in [-0.2, 0) is 14.2 Å². The number of hydrogen-bond acceptors (Lipinski definition) is 4. The largest absolute Gasteiger partial charge is 0.382 e. The third-order valence-electron chi connectivity index (χ3n) is 2.69. The van der Waals surface area contributed by atoms with Gasteiger partial charge in [-0.15, -0.1) is 0 Å². The van der Waals surface area contributed by atoms with Crippen LogP contribution in [-0.4, -0.2) is 51.7 Å². The molecule has 0 amide bonds. The number of ether oxygens (including phenoxy) is 3. The molecule has 4 nitrogen and oxygen atoms in total. The van der Waals surface area contributed by atoms with Gasteiger partial charge in [0.1, 0.15) is 0 Å². The molecule has 0 heterocycles. The molecular weight excluding hydrogens is 242 g/mol. The van der Waals surface area contributed by atoms with Crippen LogP contribution in [0, 0.1) is 0 Å². The zero-order chi connectivity index (χ0) is 14.6. The van der Waals surface area contributed by atoms with Crippen LogP contribution in [0.5, 0.6) is 0 Å². The molecule has 0 aliphatic heterocycles. The van der Waals surface area contributed by atoms with E-state index in [1.165, 1.54) is 0 Å². The Kier molecular flexibility index (Phi) is 11.6. The Bertz CT molecular complexity index is 192. The maximum Gasteiger partial charge on any atom is 0.0700 e. The van der Waals surface area contributed by atoms with Crippen LogP contribution >= 0.6 is 0 Å². The molecule has 19 heavy (non-hydrogen) atoms. The molecular formula is C15H33NO3. The van der Waals surface area contributed by atoms with Crippen LogP contribution in [0.1, 0.15) is 47.0 Å². The quantitative estimate of drug-likeness (QED) is 0.556. The normalized spacial score (nSPS) is 13.7. The van der Waals surface area contributed by atoms with Gasteiger partial charge in [0, 0.05) is 32.4 Å². The fourth-order valence-corrected chi connectivity index (χ4v) is 1.64. The molecule has 1 unspecified atom stereocenters. The lowest BCUT2D eigenvalue weighted by atomic mass is 10.1. The number of rotatable bonds is 12. The van der Waals surface area contributed by atoms with Gasteiger partial charge in [0.25, 0.3) is 0 Å². The molecule has 0 aliphatic rings. The van der Waals surface area contributed by atoms with Crippen LogP contribution in [0.3, 0.4) is 0 Å². The van der Waals surface area contributed by atoms with E-state index in [1.54, 1.807) is 7.11 Å². The van der Waals surface area contributed by atoms with Crippen molar-refractivity contribution in [3.63, 3.8) is 0 Å². The topological polar surface area (TPSA) is 39.7 Å². The third-order valence-corrected chi connectivity index (χ3v) is 2.69. The summed E-state index contributed by atoms with van der Waals surface area (Å²) >= 11 is 0. The second-order valence-electron chi connectivity index (χ2n) is 5.87. The van der Waals surface area contributed by atoms with Crippen molar-refractivity contribution in [2.45, 2.75) is 58.6 Å². The van der Waals surface area contributed by atoms with Gasteiger partial charge in [0.15, 0.2) is 0 Å². The highest BCUT2D eigenvalue weighted by atomic mass is 16.5. The summed E-state index contributed by atoms with van der Waals surface area (Å²) < 4.78 is 16.2. The Labute approximate surface area is 119 Å². The first-order valence-corrected chi connectivity index (χ1v) is 7.43. The summed E-state index contributed by atoms with van der Waals surface area (Å²) in [6.07, 6.45) is 3.51. The predicted molar refractivity (Wildman–Crippen MR) is 79.7 cm³/mol. The molecule has 0 aromatic carbocycles. The molecule has 0 fully saturated rings. The standard InChI is InChI=1S/C15H33NO3/c1-6-8-14(13-16-15(2,3)4)19-10-7-9-18-12-11-17-5/h14,16H,6-13H2,1-5H3. The van der Waals surface area contributed by atoms with E-state index in [4.69, 9.17) is 14.2 Å². The van der Waals surface area contributed by atoms with Crippen molar-refractivity contribution in [2.75, 3.05) is 40.1 Å². The second-order valence-corrected chi connectivity index (χ2v) is 5.87. The van der Waals surface area contributed by atoms with E-state index in [1.807, 2.05) is 0 Å². The van der Waals surface area contributed by atoms with Gasteiger partial charge >= 0.3 is 0 Å². The molecule has 116 valence electrons. The molecule has 4 heteroatoms. The summed E-state index contributed by atoms with van der Waals surface area (Å²) in [6, 6.07) is 0. The van der Waals surface area contributed by atoms with Crippen LogP contribution in [0.2, 0.25) is 0 Å². The summed E-state index contributed by atoms with van der Waals surface area (Å²) in [5, 5.41) is 3.50. The van der Waals surface area contributed by atoms with E-state index in [0.717, 1.165) is 39.0 Å². The minimum Gasteiger partial charge on any atom is -0.382 e. The van der Waals surface area contributed by atoms with Crippen molar-refractivity contribution in [3.05, 3.63) is 0 Å². The molecule has 0 aliphatic carbocycles. The molecule has 0 saturated carbocycles. The summed E-state index contributed by atoms with van der Waals surface area (Å²) in [6.45, 7) is 12.5. The first kappa shape index (κ1) is 18.8. The average Bonchev–Trinajstić information content (AvgIpc) is 2.33. The fraction of sp³-hybridized carbons (Fsp3) is 1.00. The van der Waals surface area contributed by atoms with Crippen molar-refractivity contribution in [3.8, 4) is 0 Å². The summed E-state index contributed by atoms with van der Waals surface area (Å²) in [7, 11) is 1.68. The number of nitrogens with one attached hydrogen (secondary N) is 1. The SMILES string of the molecule is CCCC(CNC(C)(C)C)OCCCOCCOC. The maximum absolute atomic E-state index is 5.91. The lowest BCUT2D eigenvalue weighted by molar-refractivity contribution is 0.0181. The van der Waals surface area contributed by atoms with Gasteiger partial charge in [-0.1, -0.05) is 13.3 Å². The molecule has 0 radical (unpaired) electrons. The van der Waals surface area contributed by atoms with E-state index in [-0.39, 0.29) is 5.54 Å². The summed E-state index contributed by atoms with van der Waals surface area (Å²) in [5.74, 6) is 0. The minimum absolute atomic E-state index is 0.151. The molecule has 0 aromatic heterocycles. The van der Waals surface area contributed by atoms with Gasteiger partial charge in [-0.3, -0.25) is 0 Å². The maximum atomic E-state index is 5.91. The van der Waals surface area contributed by atoms with Gasteiger partial charge in [0.05, 0.1) is 19.3 Å². The average molecular weight is 275 g/mol. The summed E-state index contributed by atoms with van der Waals surface area (Å²) in [5.41, 5.74) is 0.151. The minimum atomic E-state index is 0.151. The van der Waals surface area contributed by atoms with Crippen LogP contribution in [0.4, 0.5) is 0 Å². The Balaban J connectivity index is 3.59. The number of methoxy groups -OCH3 is 1. The van der Waals surface area contributed by atoms with Crippen molar-refractivity contribution < 1.29 is 14.2 Å².